The first-order valence-corrected chi connectivity index (χ1v) is 9.30. The number of ether oxygens (including phenoxy) is 3. The fourth-order valence-corrected chi connectivity index (χ4v) is 3.37. The van der Waals surface area contributed by atoms with E-state index in [-0.39, 0.29) is 18.6 Å². The number of hydrogen-bond acceptors (Lipinski definition) is 5. The Morgan fingerprint density at radius 1 is 1.31 bits per heavy atom. The summed E-state index contributed by atoms with van der Waals surface area (Å²) in [5, 5.41) is 6.98. The van der Waals surface area contributed by atoms with Crippen molar-refractivity contribution < 1.29 is 19.0 Å². The van der Waals surface area contributed by atoms with Gasteiger partial charge in [-0.15, -0.1) is 0 Å². The topological polar surface area (TPSA) is 72.1 Å². The zero-order valence-corrected chi connectivity index (χ0v) is 15.8. The highest BCUT2D eigenvalue weighted by molar-refractivity contribution is 7.80. The van der Waals surface area contributed by atoms with E-state index in [0.29, 0.717) is 11.5 Å². The summed E-state index contributed by atoms with van der Waals surface area (Å²) < 4.78 is 15.7. The summed E-state index contributed by atoms with van der Waals surface area (Å²) in [6.07, 6.45) is 2.50. The Labute approximate surface area is 159 Å². The van der Waals surface area contributed by atoms with Gasteiger partial charge in [-0.2, -0.15) is 0 Å². The molecule has 1 fully saturated rings. The number of amides is 1. The van der Waals surface area contributed by atoms with Crippen molar-refractivity contribution in [3.63, 3.8) is 0 Å². The minimum atomic E-state index is -0.00651. The molecule has 1 amide bonds. The standard InChI is InChI=1S/C18H25N3O4S/c1-23-10-2-7-19-18(26)21-8-5-13(6-9-21)17(22)20-14-3-4-15-16(11-14)25-12-24-15/h3-4,11,13H,2,5-10,12H2,1H3,(H,19,26)(H,20,22). The average molecular weight is 379 g/mol. The lowest BCUT2D eigenvalue weighted by atomic mass is 9.96. The summed E-state index contributed by atoms with van der Waals surface area (Å²) in [6, 6.07) is 5.45. The van der Waals surface area contributed by atoms with E-state index in [0.717, 1.165) is 56.3 Å². The molecule has 26 heavy (non-hydrogen) atoms. The zero-order valence-electron chi connectivity index (χ0n) is 15.0. The average Bonchev–Trinajstić information content (AvgIpc) is 3.13. The molecule has 0 radical (unpaired) electrons. The number of anilines is 1. The lowest BCUT2D eigenvalue weighted by Crippen LogP contribution is -2.46. The van der Waals surface area contributed by atoms with Crippen LogP contribution >= 0.6 is 12.2 Å². The van der Waals surface area contributed by atoms with Gasteiger partial charge < -0.3 is 29.7 Å². The molecule has 0 aliphatic carbocycles. The third kappa shape index (κ3) is 4.76. The molecule has 0 saturated carbocycles. The molecule has 3 rings (SSSR count). The number of hydrogen-bond donors (Lipinski definition) is 2. The summed E-state index contributed by atoms with van der Waals surface area (Å²) in [7, 11) is 1.69. The van der Waals surface area contributed by atoms with E-state index in [4.69, 9.17) is 26.4 Å². The smallest absolute Gasteiger partial charge is 0.231 e. The molecule has 0 unspecified atom stereocenters. The summed E-state index contributed by atoms with van der Waals surface area (Å²) in [6.45, 7) is 3.32. The SMILES string of the molecule is COCCCNC(=S)N1CCC(C(=O)Nc2ccc3c(c2)OCO3)CC1. The van der Waals surface area contributed by atoms with Crippen molar-refractivity contribution >= 4 is 28.9 Å². The maximum atomic E-state index is 12.5. The van der Waals surface area contributed by atoms with Gasteiger partial charge in [0.15, 0.2) is 16.6 Å². The van der Waals surface area contributed by atoms with Crippen LogP contribution in [-0.4, -0.2) is 56.1 Å². The summed E-state index contributed by atoms with van der Waals surface area (Å²) in [4.78, 5) is 14.7. The minimum Gasteiger partial charge on any atom is -0.454 e. The summed E-state index contributed by atoms with van der Waals surface area (Å²) in [5.74, 6) is 1.42. The third-order valence-electron chi connectivity index (χ3n) is 4.59. The Balaban J connectivity index is 1.42. The number of nitrogens with one attached hydrogen (secondary N) is 2. The molecule has 2 aliphatic heterocycles. The maximum absolute atomic E-state index is 12.5. The number of rotatable bonds is 6. The lowest BCUT2D eigenvalue weighted by Gasteiger charge is -2.33. The number of carbonyl (C=O) groups excluding carboxylic acids is 1. The van der Waals surface area contributed by atoms with Gasteiger partial charge in [0.1, 0.15) is 0 Å². The van der Waals surface area contributed by atoms with Crippen LogP contribution in [0.1, 0.15) is 19.3 Å². The number of piperidine rings is 1. The van der Waals surface area contributed by atoms with Crippen LogP contribution in [-0.2, 0) is 9.53 Å². The van der Waals surface area contributed by atoms with Gasteiger partial charge in [-0.3, -0.25) is 4.79 Å². The van der Waals surface area contributed by atoms with Crippen molar-refractivity contribution in [1.29, 1.82) is 0 Å². The minimum absolute atomic E-state index is 0.00651. The van der Waals surface area contributed by atoms with E-state index >= 15 is 0 Å². The first kappa shape index (κ1) is 18.7. The Bertz CT molecular complexity index is 647. The number of likely N-dealkylation sites (tertiary alicyclic amines) is 1. The normalized spacial score (nSPS) is 16.4. The van der Waals surface area contributed by atoms with Crippen LogP contribution in [0.5, 0.6) is 11.5 Å². The Kier molecular flexibility index (Phi) is 6.51. The van der Waals surface area contributed by atoms with Crippen molar-refractivity contribution in [2.45, 2.75) is 19.3 Å². The molecule has 1 aromatic rings. The van der Waals surface area contributed by atoms with E-state index in [2.05, 4.69) is 15.5 Å². The second kappa shape index (κ2) is 9.05. The van der Waals surface area contributed by atoms with Gasteiger partial charge in [0, 0.05) is 51.0 Å². The van der Waals surface area contributed by atoms with E-state index < -0.39 is 0 Å². The second-order valence-corrected chi connectivity index (χ2v) is 6.78. The van der Waals surface area contributed by atoms with Gasteiger partial charge in [-0.05, 0) is 43.6 Å². The van der Waals surface area contributed by atoms with Gasteiger partial charge in [0.25, 0.3) is 0 Å². The number of thiocarbonyl (C=S) groups is 1. The highest BCUT2D eigenvalue weighted by Gasteiger charge is 2.26. The van der Waals surface area contributed by atoms with Crippen molar-refractivity contribution in [2.75, 3.05) is 45.5 Å². The third-order valence-corrected chi connectivity index (χ3v) is 5.00. The highest BCUT2D eigenvalue weighted by Crippen LogP contribution is 2.34. The van der Waals surface area contributed by atoms with Crippen LogP contribution in [0.2, 0.25) is 0 Å². The van der Waals surface area contributed by atoms with Gasteiger partial charge in [0.05, 0.1) is 0 Å². The molecule has 2 aliphatic rings. The van der Waals surface area contributed by atoms with Crippen molar-refractivity contribution in [1.82, 2.24) is 10.2 Å². The van der Waals surface area contributed by atoms with Crippen LogP contribution in [0, 0.1) is 5.92 Å². The van der Waals surface area contributed by atoms with Crippen LogP contribution < -0.4 is 20.1 Å². The molecule has 2 N–H and O–H groups in total. The number of benzene rings is 1. The maximum Gasteiger partial charge on any atom is 0.231 e. The fraction of sp³-hybridized carbons (Fsp3) is 0.556. The molecular formula is C18H25N3O4S. The molecule has 1 saturated heterocycles. The van der Waals surface area contributed by atoms with Gasteiger partial charge >= 0.3 is 0 Å². The molecule has 0 aromatic heterocycles. The highest BCUT2D eigenvalue weighted by atomic mass is 32.1. The number of nitrogens with zero attached hydrogens (tertiary/aromatic N) is 1. The quantitative estimate of drug-likeness (QED) is 0.578. The molecular weight excluding hydrogens is 354 g/mol. The first-order valence-electron chi connectivity index (χ1n) is 8.89. The summed E-state index contributed by atoms with van der Waals surface area (Å²) in [5.41, 5.74) is 0.733. The Morgan fingerprint density at radius 3 is 2.85 bits per heavy atom. The number of fused-ring (bicyclic) bond motifs is 1. The predicted octanol–water partition coefficient (Wildman–Crippen LogP) is 1.98. The second-order valence-electron chi connectivity index (χ2n) is 6.40. The lowest BCUT2D eigenvalue weighted by molar-refractivity contribution is -0.120. The Morgan fingerprint density at radius 2 is 2.08 bits per heavy atom. The fourth-order valence-electron chi connectivity index (χ4n) is 3.09. The molecule has 1 aromatic carbocycles. The van der Waals surface area contributed by atoms with Crippen molar-refractivity contribution in [3.8, 4) is 11.5 Å². The molecule has 8 heteroatoms. The molecule has 142 valence electrons. The van der Waals surface area contributed by atoms with Crippen molar-refractivity contribution in [2.24, 2.45) is 5.92 Å². The van der Waals surface area contributed by atoms with Gasteiger partial charge in [0.2, 0.25) is 12.7 Å². The first-order chi connectivity index (χ1) is 12.7. The van der Waals surface area contributed by atoms with Crippen LogP contribution in [0.4, 0.5) is 5.69 Å². The van der Waals surface area contributed by atoms with E-state index in [9.17, 15) is 4.79 Å². The van der Waals surface area contributed by atoms with Gasteiger partial charge in [-0.1, -0.05) is 0 Å². The largest absolute Gasteiger partial charge is 0.454 e. The monoisotopic (exact) mass is 379 g/mol. The Hall–Kier alpha value is -2.06. The molecule has 7 nitrogen and oxygen atoms in total. The number of methoxy groups -OCH3 is 1. The molecule has 0 spiro atoms. The molecule has 0 bridgehead atoms. The van der Waals surface area contributed by atoms with Gasteiger partial charge in [-0.25, -0.2) is 0 Å². The summed E-state index contributed by atoms with van der Waals surface area (Å²) >= 11 is 5.43. The van der Waals surface area contributed by atoms with Crippen LogP contribution in [0.3, 0.4) is 0 Å². The van der Waals surface area contributed by atoms with E-state index in [1.807, 2.05) is 12.1 Å². The van der Waals surface area contributed by atoms with E-state index in [1.165, 1.54) is 0 Å². The number of carbonyl (C=O) groups is 1. The zero-order chi connectivity index (χ0) is 18.4. The molecule has 2 heterocycles. The predicted molar refractivity (Wildman–Crippen MR) is 103 cm³/mol. The van der Waals surface area contributed by atoms with Crippen LogP contribution in [0.15, 0.2) is 18.2 Å². The van der Waals surface area contributed by atoms with Crippen molar-refractivity contribution in [3.05, 3.63) is 18.2 Å². The van der Waals surface area contributed by atoms with Crippen LogP contribution in [0.25, 0.3) is 0 Å². The van der Waals surface area contributed by atoms with E-state index in [1.54, 1.807) is 13.2 Å². The molecule has 0 atom stereocenters.